The number of nitrogens with zero attached hydrogens (tertiary/aromatic N) is 1. The molecule has 0 aromatic heterocycles. The first-order chi connectivity index (χ1) is 13.6. The number of benzene rings is 3. The predicted molar refractivity (Wildman–Crippen MR) is 116 cm³/mol. The lowest BCUT2D eigenvalue weighted by Crippen LogP contribution is -2.26. The third kappa shape index (κ3) is 3.62. The first kappa shape index (κ1) is 18.5. The van der Waals surface area contributed by atoms with Crippen LogP contribution in [0.3, 0.4) is 0 Å². The fourth-order valence-electron chi connectivity index (χ4n) is 3.30. The van der Waals surface area contributed by atoms with E-state index in [0.717, 1.165) is 11.3 Å². The molecule has 0 aliphatic carbocycles. The second kappa shape index (κ2) is 8.05. The second-order valence-electron chi connectivity index (χ2n) is 6.46. The maximum absolute atomic E-state index is 13.0. The summed E-state index contributed by atoms with van der Waals surface area (Å²) in [5.41, 5.74) is 3.00. The fraction of sp³-hybridized carbons (Fsp3) is 0.0417. The summed E-state index contributed by atoms with van der Waals surface area (Å²) in [5.74, 6) is -0.0356. The van der Waals surface area contributed by atoms with Crippen LogP contribution >= 0.6 is 23.2 Å². The average Bonchev–Trinajstić information content (AvgIpc) is 2.74. The molecule has 28 heavy (non-hydrogen) atoms. The Balaban J connectivity index is 1.80. The van der Waals surface area contributed by atoms with Crippen LogP contribution in [0.15, 0.2) is 103 Å². The van der Waals surface area contributed by atoms with Crippen molar-refractivity contribution in [2.75, 3.05) is 4.90 Å². The molecule has 3 aromatic carbocycles. The number of Topliss-reactive ketones (excluding diaryl/α,β-unsaturated/α-hetero) is 1. The van der Waals surface area contributed by atoms with Crippen LogP contribution in [0.2, 0.25) is 10.0 Å². The van der Waals surface area contributed by atoms with Gasteiger partial charge >= 0.3 is 0 Å². The molecule has 1 aliphatic rings. The normalized spacial score (nSPS) is 16.0. The fourth-order valence-corrected chi connectivity index (χ4v) is 3.78. The van der Waals surface area contributed by atoms with Crippen molar-refractivity contribution in [2.45, 2.75) is 6.04 Å². The van der Waals surface area contributed by atoms with Crippen molar-refractivity contribution in [1.29, 1.82) is 0 Å². The first-order valence-electron chi connectivity index (χ1n) is 8.92. The number of rotatable bonds is 4. The minimum absolute atomic E-state index is 0.0356. The number of anilines is 1. The topological polar surface area (TPSA) is 20.3 Å². The van der Waals surface area contributed by atoms with Gasteiger partial charge in [0.1, 0.15) is 0 Å². The van der Waals surface area contributed by atoms with Crippen LogP contribution in [0.25, 0.3) is 0 Å². The largest absolute Gasteiger partial charge is 0.335 e. The molecule has 138 valence electrons. The van der Waals surface area contributed by atoms with Crippen LogP contribution in [-0.4, -0.2) is 5.78 Å². The van der Waals surface area contributed by atoms with E-state index in [0.29, 0.717) is 21.2 Å². The number of para-hydroxylation sites is 1. The molecule has 4 heteroatoms. The molecular formula is C24H17Cl2NO. The highest BCUT2D eigenvalue weighted by molar-refractivity contribution is 6.33. The van der Waals surface area contributed by atoms with Crippen molar-refractivity contribution in [1.82, 2.24) is 0 Å². The summed E-state index contributed by atoms with van der Waals surface area (Å²) in [5, 5.41) is 1.28. The van der Waals surface area contributed by atoms with E-state index in [1.54, 1.807) is 0 Å². The Labute approximate surface area is 174 Å². The van der Waals surface area contributed by atoms with Gasteiger partial charge in [0.05, 0.1) is 16.8 Å². The predicted octanol–water partition coefficient (Wildman–Crippen LogP) is 6.88. The number of carbonyl (C=O) groups is 1. The zero-order chi connectivity index (χ0) is 19.5. The molecule has 0 saturated heterocycles. The molecule has 0 fully saturated rings. The third-order valence-corrected chi connectivity index (χ3v) is 5.35. The Morgan fingerprint density at radius 2 is 1.43 bits per heavy atom. The van der Waals surface area contributed by atoms with E-state index in [2.05, 4.69) is 0 Å². The molecule has 1 heterocycles. The minimum Gasteiger partial charge on any atom is -0.335 e. The van der Waals surface area contributed by atoms with Gasteiger partial charge in [-0.1, -0.05) is 96.0 Å². The summed E-state index contributed by atoms with van der Waals surface area (Å²) in [6.07, 6.45) is 5.70. The van der Waals surface area contributed by atoms with Crippen LogP contribution < -0.4 is 4.90 Å². The Hall–Kier alpha value is -2.81. The number of ketones is 1. The van der Waals surface area contributed by atoms with E-state index in [-0.39, 0.29) is 11.8 Å². The van der Waals surface area contributed by atoms with Gasteiger partial charge in [0, 0.05) is 22.4 Å². The van der Waals surface area contributed by atoms with E-state index in [9.17, 15) is 4.79 Å². The van der Waals surface area contributed by atoms with E-state index >= 15 is 0 Å². The van der Waals surface area contributed by atoms with Crippen molar-refractivity contribution in [2.24, 2.45) is 0 Å². The van der Waals surface area contributed by atoms with Gasteiger partial charge < -0.3 is 4.90 Å². The first-order valence-corrected chi connectivity index (χ1v) is 9.68. The van der Waals surface area contributed by atoms with Crippen LogP contribution in [0.5, 0.6) is 0 Å². The van der Waals surface area contributed by atoms with E-state index in [1.165, 1.54) is 0 Å². The van der Waals surface area contributed by atoms with Gasteiger partial charge in [-0.05, 0) is 23.8 Å². The highest BCUT2D eigenvalue weighted by atomic mass is 35.5. The standard InChI is InChI=1S/C24H17Cl2NO/c25-20-11-5-4-10-19(20)22-15-14-18(24(28)17-8-2-1-3-9-17)16-27(22)23-13-7-6-12-21(23)26/h1-16,22H. The summed E-state index contributed by atoms with van der Waals surface area (Å²) in [4.78, 5) is 15.0. The molecule has 0 saturated carbocycles. The van der Waals surface area contributed by atoms with Gasteiger partial charge in [0.15, 0.2) is 5.78 Å². The average molecular weight is 406 g/mol. The molecule has 1 atom stereocenters. The van der Waals surface area contributed by atoms with E-state index in [1.807, 2.05) is 102 Å². The molecule has 0 radical (unpaired) electrons. The van der Waals surface area contributed by atoms with Crippen LogP contribution in [-0.2, 0) is 0 Å². The van der Waals surface area contributed by atoms with Gasteiger partial charge in [-0.3, -0.25) is 4.79 Å². The summed E-state index contributed by atoms with van der Waals surface area (Å²) < 4.78 is 0. The van der Waals surface area contributed by atoms with Crippen molar-refractivity contribution >= 4 is 34.7 Å². The molecule has 0 spiro atoms. The Morgan fingerprint density at radius 1 is 0.786 bits per heavy atom. The minimum atomic E-state index is -0.166. The molecular weight excluding hydrogens is 389 g/mol. The molecule has 2 nitrogen and oxygen atoms in total. The highest BCUT2D eigenvalue weighted by Crippen LogP contribution is 2.39. The van der Waals surface area contributed by atoms with Gasteiger partial charge in [0.25, 0.3) is 0 Å². The zero-order valence-electron chi connectivity index (χ0n) is 14.9. The molecule has 3 aromatic rings. The van der Waals surface area contributed by atoms with Crippen molar-refractivity contribution in [3.8, 4) is 0 Å². The molecule has 0 bridgehead atoms. The molecule has 0 N–H and O–H groups in total. The highest BCUT2D eigenvalue weighted by Gasteiger charge is 2.26. The van der Waals surface area contributed by atoms with Crippen LogP contribution in [0, 0.1) is 0 Å². The Kier molecular flexibility index (Phi) is 5.34. The van der Waals surface area contributed by atoms with Crippen molar-refractivity contribution in [3.05, 3.63) is 124 Å². The Bertz CT molecular complexity index is 1070. The lowest BCUT2D eigenvalue weighted by Gasteiger charge is -2.33. The molecule has 1 aliphatic heterocycles. The molecule has 1 unspecified atom stereocenters. The van der Waals surface area contributed by atoms with Crippen molar-refractivity contribution in [3.63, 3.8) is 0 Å². The maximum atomic E-state index is 13.0. The summed E-state index contributed by atoms with van der Waals surface area (Å²) in [6, 6.07) is 24.4. The SMILES string of the molecule is O=C(C1=CN(c2ccccc2Cl)C(c2ccccc2Cl)C=C1)c1ccccc1. The lowest BCUT2D eigenvalue weighted by atomic mass is 9.96. The summed E-state index contributed by atoms with van der Waals surface area (Å²) in [6.45, 7) is 0. The molecule has 0 amide bonds. The number of carbonyl (C=O) groups excluding carboxylic acids is 1. The lowest BCUT2D eigenvalue weighted by molar-refractivity contribution is 0.103. The maximum Gasteiger partial charge on any atom is 0.194 e. The van der Waals surface area contributed by atoms with Gasteiger partial charge in [-0.25, -0.2) is 0 Å². The third-order valence-electron chi connectivity index (χ3n) is 4.69. The van der Waals surface area contributed by atoms with E-state index in [4.69, 9.17) is 23.2 Å². The Morgan fingerprint density at radius 3 is 2.14 bits per heavy atom. The monoisotopic (exact) mass is 405 g/mol. The van der Waals surface area contributed by atoms with E-state index < -0.39 is 0 Å². The number of hydrogen-bond donors (Lipinski definition) is 0. The second-order valence-corrected chi connectivity index (χ2v) is 7.28. The van der Waals surface area contributed by atoms with Crippen molar-refractivity contribution < 1.29 is 4.79 Å². The van der Waals surface area contributed by atoms with Gasteiger partial charge in [-0.2, -0.15) is 0 Å². The van der Waals surface area contributed by atoms with Gasteiger partial charge in [0.2, 0.25) is 0 Å². The number of hydrogen-bond acceptors (Lipinski definition) is 2. The number of halogens is 2. The van der Waals surface area contributed by atoms with Crippen LogP contribution in [0.4, 0.5) is 5.69 Å². The summed E-state index contributed by atoms with van der Waals surface area (Å²) >= 11 is 12.9. The quantitative estimate of drug-likeness (QED) is 0.441. The van der Waals surface area contributed by atoms with Crippen LogP contribution in [0.1, 0.15) is 22.0 Å². The summed E-state index contributed by atoms with van der Waals surface area (Å²) in [7, 11) is 0. The molecule has 4 rings (SSSR count). The van der Waals surface area contributed by atoms with Gasteiger partial charge in [-0.15, -0.1) is 0 Å². The zero-order valence-corrected chi connectivity index (χ0v) is 16.4. The number of allylic oxidation sites excluding steroid dienone is 2. The smallest absolute Gasteiger partial charge is 0.194 e.